The van der Waals surface area contributed by atoms with E-state index in [1.165, 1.54) is 27.6 Å². The number of rotatable bonds is 6. The molecule has 8 nitrogen and oxygen atoms in total. The molecule has 1 saturated heterocycles. The predicted octanol–water partition coefficient (Wildman–Crippen LogP) is 5.04. The number of amides is 1. The molecule has 0 bridgehead atoms. The smallest absolute Gasteiger partial charge is 0.268 e. The fourth-order valence-electron chi connectivity index (χ4n) is 6.40. The molecule has 3 fully saturated rings. The molecule has 3 heterocycles. The maximum absolute atomic E-state index is 14.1. The summed E-state index contributed by atoms with van der Waals surface area (Å²) in [4.78, 5) is 15.6. The van der Waals surface area contributed by atoms with Gasteiger partial charge in [-0.25, -0.2) is 25.6 Å². The Balaban J connectivity index is 0.00000323. The van der Waals surface area contributed by atoms with Crippen LogP contribution in [0.1, 0.15) is 68.5 Å². The Labute approximate surface area is 233 Å². The lowest BCUT2D eigenvalue weighted by molar-refractivity contribution is -0.0499. The first-order valence-electron chi connectivity index (χ1n) is 13.2. The van der Waals surface area contributed by atoms with Gasteiger partial charge in [-0.05, 0) is 67.9 Å². The second-order valence-electron chi connectivity index (χ2n) is 11.5. The molecule has 1 aromatic heterocycles. The molecule has 0 radical (unpaired) electrons. The third-order valence-electron chi connectivity index (χ3n) is 9.02. The van der Waals surface area contributed by atoms with Gasteiger partial charge in [0.1, 0.15) is 0 Å². The van der Waals surface area contributed by atoms with Crippen molar-refractivity contribution < 1.29 is 31.8 Å². The van der Waals surface area contributed by atoms with Gasteiger partial charge in [-0.3, -0.25) is 9.52 Å². The first-order valence-corrected chi connectivity index (χ1v) is 17.2. The van der Waals surface area contributed by atoms with E-state index in [-0.39, 0.29) is 54.6 Å². The zero-order valence-corrected chi connectivity index (χ0v) is 24.0. The largest absolute Gasteiger partial charge is 0.306 e. The molecule has 39 heavy (non-hydrogen) atoms. The topological polar surface area (TPSA) is 104 Å². The Hall–Kier alpha value is -2.09. The highest BCUT2D eigenvalue weighted by Crippen LogP contribution is 2.54. The Kier molecular flexibility index (Phi) is 6.22. The van der Waals surface area contributed by atoms with E-state index in [1.54, 1.807) is 18.2 Å². The number of hydrogen-bond acceptors (Lipinski definition) is 6. The van der Waals surface area contributed by atoms with Crippen LogP contribution in [0.3, 0.4) is 0 Å². The van der Waals surface area contributed by atoms with Crippen molar-refractivity contribution in [1.82, 2.24) is 4.31 Å². The molecule has 2 aliphatic heterocycles. The maximum Gasteiger partial charge on any atom is 0.268 e. The number of carbonyl (C=O) groups is 1. The molecule has 2 aliphatic carbocycles. The number of nitrogens with one attached hydrogen (secondary N) is 1. The van der Waals surface area contributed by atoms with Crippen LogP contribution in [0.15, 0.2) is 34.5 Å². The van der Waals surface area contributed by atoms with Crippen molar-refractivity contribution in [3.63, 3.8) is 0 Å². The van der Waals surface area contributed by atoms with Crippen LogP contribution in [-0.2, 0) is 25.5 Å². The monoisotopic (exact) mass is 601 g/mol. The summed E-state index contributed by atoms with van der Waals surface area (Å²) in [7, 11) is -7.24. The average molecular weight is 602 g/mol. The van der Waals surface area contributed by atoms with E-state index in [1.807, 2.05) is 0 Å². The van der Waals surface area contributed by atoms with E-state index in [2.05, 4.69) is 4.72 Å². The summed E-state index contributed by atoms with van der Waals surface area (Å²) in [5.74, 6) is -3.29. The number of anilines is 2. The van der Waals surface area contributed by atoms with Crippen LogP contribution in [0.25, 0.3) is 0 Å². The van der Waals surface area contributed by atoms with Crippen LogP contribution >= 0.6 is 11.3 Å². The molecule has 2 saturated carbocycles. The van der Waals surface area contributed by atoms with Gasteiger partial charge in [-0.1, -0.05) is 6.42 Å². The lowest BCUT2D eigenvalue weighted by atomic mass is 9.65. The Morgan fingerprint density at radius 3 is 2.33 bits per heavy atom. The SMILES string of the molecule is CCS(=O)(=O)Nc1ccc2c(c1)C1(CCC(F)(F)CC1)CN2C(=O)c1cc(S(=O)(=O)N2CC3(CCC3)C2)cs1.[HH]. The van der Waals surface area contributed by atoms with E-state index in [0.717, 1.165) is 30.6 Å². The quantitative estimate of drug-likeness (QED) is 0.500. The van der Waals surface area contributed by atoms with Crippen LogP contribution in [0.5, 0.6) is 0 Å². The molecule has 13 heteroatoms. The molecule has 1 N–H and O–H groups in total. The molecule has 2 spiro atoms. The van der Waals surface area contributed by atoms with Crippen LogP contribution in [-0.4, -0.2) is 58.4 Å². The van der Waals surface area contributed by atoms with Gasteiger partial charge in [-0.15, -0.1) is 11.3 Å². The van der Waals surface area contributed by atoms with E-state index in [0.29, 0.717) is 30.0 Å². The molecule has 0 unspecified atom stereocenters. The van der Waals surface area contributed by atoms with E-state index in [9.17, 15) is 30.4 Å². The van der Waals surface area contributed by atoms with E-state index in [4.69, 9.17) is 0 Å². The second kappa shape index (κ2) is 8.95. The summed E-state index contributed by atoms with van der Waals surface area (Å²) in [6, 6.07) is 6.28. The summed E-state index contributed by atoms with van der Waals surface area (Å²) in [5.41, 5.74) is 0.929. The standard InChI is InChI=1S/C26H31F2N3O5S3.H2/c1-2-38(33,34)29-18-4-5-21-20(12-18)25(8-10-26(27,28)11-9-25)17-31(21)23(32)22-13-19(14-37-22)39(35,36)30-15-24(16-30)6-3-7-24;/h4-5,12-14,29H,2-3,6-11,15-17H2,1H3;1H. The normalized spacial score (nSPS) is 23.3. The summed E-state index contributed by atoms with van der Waals surface area (Å²) >= 11 is 1.06. The zero-order valence-electron chi connectivity index (χ0n) is 21.6. The predicted molar refractivity (Wildman–Crippen MR) is 148 cm³/mol. The van der Waals surface area contributed by atoms with Crippen molar-refractivity contribution in [3.05, 3.63) is 40.1 Å². The first-order chi connectivity index (χ1) is 18.3. The van der Waals surface area contributed by atoms with Crippen LogP contribution < -0.4 is 9.62 Å². The van der Waals surface area contributed by atoms with Gasteiger partial charge in [0.15, 0.2) is 0 Å². The van der Waals surface area contributed by atoms with Crippen LogP contribution in [0.4, 0.5) is 20.2 Å². The molecule has 0 atom stereocenters. The highest BCUT2D eigenvalue weighted by molar-refractivity contribution is 7.92. The van der Waals surface area contributed by atoms with Crippen LogP contribution in [0.2, 0.25) is 0 Å². The average Bonchev–Trinajstić information content (AvgIpc) is 3.43. The van der Waals surface area contributed by atoms with Crippen LogP contribution in [0, 0.1) is 5.41 Å². The minimum absolute atomic E-state index is 0. The molecule has 6 rings (SSSR count). The number of hydrogen-bond donors (Lipinski definition) is 1. The van der Waals surface area contributed by atoms with Gasteiger partial charge in [-0.2, -0.15) is 4.31 Å². The fourth-order valence-corrected chi connectivity index (χ4v) is 9.91. The molecular weight excluding hydrogens is 568 g/mol. The summed E-state index contributed by atoms with van der Waals surface area (Å²) in [6.45, 7) is 2.73. The number of fused-ring (bicyclic) bond motifs is 2. The van der Waals surface area contributed by atoms with Gasteiger partial charge in [0.25, 0.3) is 5.91 Å². The number of halogens is 2. The van der Waals surface area contributed by atoms with E-state index >= 15 is 0 Å². The number of nitrogens with zero attached hydrogens (tertiary/aromatic N) is 2. The summed E-state index contributed by atoms with van der Waals surface area (Å²) in [5, 5.41) is 1.49. The van der Waals surface area contributed by atoms with Crippen molar-refractivity contribution in [2.45, 2.75) is 68.1 Å². The van der Waals surface area contributed by atoms with Gasteiger partial charge < -0.3 is 4.90 Å². The minimum Gasteiger partial charge on any atom is -0.306 e. The minimum atomic E-state index is -3.69. The Morgan fingerprint density at radius 1 is 1.03 bits per heavy atom. The Morgan fingerprint density at radius 2 is 1.72 bits per heavy atom. The summed E-state index contributed by atoms with van der Waals surface area (Å²) < 4.78 is 82.9. The Bertz CT molecular complexity index is 1540. The third-order valence-corrected chi connectivity index (χ3v) is 13.2. The molecule has 1 aromatic carbocycles. The van der Waals surface area contributed by atoms with Gasteiger partial charge in [0.2, 0.25) is 26.0 Å². The zero-order chi connectivity index (χ0) is 27.8. The fraction of sp³-hybridized carbons (Fsp3) is 0.577. The maximum atomic E-state index is 14.1. The highest BCUT2D eigenvalue weighted by Gasteiger charge is 2.53. The number of sulfonamides is 2. The van der Waals surface area contributed by atoms with E-state index < -0.39 is 37.3 Å². The second-order valence-corrected chi connectivity index (χ2v) is 16.4. The summed E-state index contributed by atoms with van der Waals surface area (Å²) in [6.07, 6.45) is 2.90. The first kappa shape index (κ1) is 27.1. The number of carbonyl (C=O) groups excluding carboxylic acids is 1. The van der Waals surface area contributed by atoms with Crippen molar-refractivity contribution in [3.8, 4) is 0 Å². The van der Waals surface area contributed by atoms with Gasteiger partial charge in [0, 0.05) is 56.1 Å². The highest BCUT2D eigenvalue weighted by atomic mass is 32.2. The van der Waals surface area contributed by atoms with Crippen molar-refractivity contribution in [2.75, 3.05) is 35.0 Å². The molecule has 1 amide bonds. The molecule has 2 aromatic rings. The number of benzene rings is 1. The van der Waals surface area contributed by atoms with Gasteiger partial charge >= 0.3 is 0 Å². The van der Waals surface area contributed by atoms with Crippen molar-refractivity contribution in [2.24, 2.45) is 5.41 Å². The number of thiophene rings is 1. The third kappa shape index (κ3) is 4.58. The molecule has 4 aliphatic rings. The van der Waals surface area contributed by atoms with Crippen molar-refractivity contribution in [1.29, 1.82) is 0 Å². The molecule has 214 valence electrons. The van der Waals surface area contributed by atoms with Crippen molar-refractivity contribution >= 4 is 48.7 Å². The van der Waals surface area contributed by atoms with Gasteiger partial charge in [0.05, 0.1) is 15.5 Å². The lowest BCUT2D eigenvalue weighted by Gasteiger charge is -2.54. The molecular formula is C26H33F2N3O5S3. The lowest BCUT2D eigenvalue weighted by Crippen LogP contribution is -2.61. The number of alkyl halides is 2.